The number of halogens is 3. The van der Waals surface area contributed by atoms with Crippen molar-refractivity contribution in [1.29, 1.82) is 0 Å². The molecule has 0 saturated heterocycles. The molecular formula is C26H24F3N2O3P. The number of fused-ring (bicyclic) bond motifs is 1. The molecule has 35 heavy (non-hydrogen) atoms. The van der Waals surface area contributed by atoms with Crippen molar-refractivity contribution >= 4 is 35.2 Å². The maximum Gasteiger partial charge on any atom is 0.416 e. The lowest BCUT2D eigenvalue weighted by molar-refractivity contribution is -0.137. The smallest absolute Gasteiger partial charge is 0.354 e. The van der Waals surface area contributed by atoms with Gasteiger partial charge < -0.3 is 14.4 Å². The van der Waals surface area contributed by atoms with Gasteiger partial charge in [0.1, 0.15) is 5.30 Å². The Labute approximate surface area is 201 Å². The fraction of sp³-hybridized carbons (Fsp3) is 0.192. The molecule has 0 bridgehead atoms. The molecule has 182 valence electrons. The molecule has 0 aliphatic rings. The zero-order valence-corrected chi connectivity index (χ0v) is 20.1. The van der Waals surface area contributed by atoms with Crippen molar-refractivity contribution in [2.24, 2.45) is 0 Å². The van der Waals surface area contributed by atoms with Crippen molar-refractivity contribution < 1.29 is 26.8 Å². The number of alkyl halides is 3. The average Bonchev–Trinajstić information content (AvgIpc) is 2.84. The third-order valence-electron chi connectivity index (χ3n) is 5.25. The van der Waals surface area contributed by atoms with E-state index < -0.39 is 19.3 Å². The average molecular weight is 500 g/mol. The van der Waals surface area contributed by atoms with E-state index in [0.717, 1.165) is 12.1 Å². The van der Waals surface area contributed by atoms with E-state index in [1.54, 1.807) is 56.3 Å². The molecule has 4 aromatic rings. The van der Waals surface area contributed by atoms with Crippen molar-refractivity contribution in [3.63, 3.8) is 0 Å². The molecule has 0 spiro atoms. The van der Waals surface area contributed by atoms with Crippen LogP contribution in [0.1, 0.15) is 19.4 Å². The van der Waals surface area contributed by atoms with Gasteiger partial charge in [0.05, 0.1) is 35.7 Å². The quantitative estimate of drug-likeness (QED) is 0.253. The van der Waals surface area contributed by atoms with Gasteiger partial charge in [-0.3, -0.25) is 4.57 Å². The maximum atomic E-state index is 14.2. The molecule has 0 saturated carbocycles. The summed E-state index contributed by atoms with van der Waals surface area (Å²) in [6, 6.07) is 21.2. The summed E-state index contributed by atoms with van der Waals surface area (Å²) in [5, 5.41) is 3.78. The molecule has 0 radical (unpaired) electrons. The van der Waals surface area contributed by atoms with E-state index in [-0.39, 0.29) is 29.7 Å². The van der Waals surface area contributed by atoms with Crippen molar-refractivity contribution in [3.05, 3.63) is 84.4 Å². The van der Waals surface area contributed by atoms with Crippen molar-refractivity contribution in [1.82, 2.24) is 4.98 Å². The number of nitrogens with one attached hydrogen (secondary N) is 1. The Kier molecular flexibility index (Phi) is 7.26. The van der Waals surface area contributed by atoms with Crippen LogP contribution in [0.2, 0.25) is 0 Å². The molecule has 0 fully saturated rings. The molecule has 3 aromatic carbocycles. The Hall–Kier alpha value is -3.19. The van der Waals surface area contributed by atoms with Gasteiger partial charge in [0.15, 0.2) is 0 Å². The summed E-state index contributed by atoms with van der Waals surface area (Å²) >= 11 is 0. The molecule has 5 nitrogen and oxygen atoms in total. The van der Waals surface area contributed by atoms with Gasteiger partial charge in [-0.1, -0.05) is 54.6 Å². The molecular weight excluding hydrogens is 476 g/mol. The highest BCUT2D eigenvalue weighted by Gasteiger charge is 2.37. The largest absolute Gasteiger partial charge is 0.416 e. The zero-order chi connectivity index (χ0) is 25.1. The van der Waals surface area contributed by atoms with Crippen molar-refractivity contribution in [2.45, 2.75) is 20.0 Å². The van der Waals surface area contributed by atoms with Crippen LogP contribution in [0.3, 0.4) is 0 Å². The van der Waals surface area contributed by atoms with Crippen molar-refractivity contribution in [2.75, 3.05) is 18.5 Å². The van der Waals surface area contributed by atoms with Gasteiger partial charge >= 0.3 is 13.8 Å². The van der Waals surface area contributed by atoms with E-state index in [9.17, 15) is 17.7 Å². The number of nitrogens with zero attached hydrogens (tertiary/aromatic N) is 1. The summed E-state index contributed by atoms with van der Waals surface area (Å²) in [4.78, 5) is 4.58. The minimum atomic E-state index is -4.54. The predicted molar refractivity (Wildman–Crippen MR) is 132 cm³/mol. The number of hydrogen-bond donors (Lipinski definition) is 1. The third kappa shape index (κ3) is 5.25. The first-order chi connectivity index (χ1) is 16.8. The summed E-state index contributed by atoms with van der Waals surface area (Å²) in [6.07, 6.45) is -4.54. The standard InChI is InChI=1S/C26H24F3N2O3P/c1-3-33-35(32,34-4-2)25-23(18-11-7-5-8-12-18)31-22-17-19(26(27,28)29)15-16-21(22)24(25)30-20-13-9-6-10-14-20/h5-17H,3-4H2,1-2H3,(H,30,31). The van der Waals surface area contributed by atoms with Gasteiger partial charge in [-0.25, -0.2) is 4.98 Å². The molecule has 1 heterocycles. The highest BCUT2D eigenvalue weighted by atomic mass is 31.2. The number of hydrogen-bond acceptors (Lipinski definition) is 5. The van der Waals surface area contributed by atoms with Gasteiger partial charge in [-0.05, 0) is 38.1 Å². The molecule has 0 atom stereocenters. The number of benzene rings is 3. The van der Waals surface area contributed by atoms with Crippen LogP contribution in [0.5, 0.6) is 0 Å². The fourth-order valence-electron chi connectivity index (χ4n) is 3.79. The monoisotopic (exact) mass is 500 g/mol. The van der Waals surface area contributed by atoms with Gasteiger partial charge in [0.2, 0.25) is 0 Å². The molecule has 1 N–H and O–H groups in total. The lowest BCUT2D eigenvalue weighted by Gasteiger charge is -2.25. The van der Waals surface area contributed by atoms with E-state index >= 15 is 0 Å². The highest BCUT2D eigenvalue weighted by Crippen LogP contribution is 2.52. The number of rotatable bonds is 8. The number of para-hydroxylation sites is 1. The first kappa shape index (κ1) is 24.9. The minimum absolute atomic E-state index is 0.0976. The van der Waals surface area contributed by atoms with Gasteiger partial charge in [0.25, 0.3) is 0 Å². The van der Waals surface area contributed by atoms with Crippen LogP contribution in [0.4, 0.5) is 24.5 Å². The van der Waals surface area contributed by atoms with Crippen LogP contribution < -0.4 is 10.6 Å². The van der Waals surface area contributed by atoms with Gasteiger partial charge in [-0.15, -0.1) is 0 Å². The van der Waals surface area contributed by atoms with Crippen LogP contribution >= 0.6 is 7.60 Å². The lowest BCUT2D eigenvalue weighted by Crippen LogP contribution is -2.20. The zero-order valence-electron chi connectivity index (χ0n) is 19.2. The van der Waals surface area contributed by atoms with E-state index in [4.69, 9.17) is 9.05 Å². The second-order valence-electron chi connectivity index (χ2n) is 7.60. The Bertz CT molecular complexity index is 1350. The van der Waals surface area contributed by atoms with Crippen LogP contribution in [0.15, 0.2) is 78.9 Å². The summed E-state index contributed by atoms with van der Waals surface area (Å²) in [5.41, 5.74) is 1.03. The Morgan fingerprint density at radius 2 is 1.49 bits per heavy atom. The summed E-state index contributed by atoms with van der Waals surface area (Å²) < 4.78 is 66.2. The molecule has 1 aromatic heterocycles. The highest BCUT2D eigenvalue weighted by molar-refractivity contribution is 7.63. The second kappa shape index (κ2) is 10.2. The van der Waals surface area contributed by atoms with Gasteiger partial charge in [0, 0.05) is 16.6 Å². The molecule has 4 rings (SSSR count). The van der Waals surface area contributed by atoms with Crippen molar-refractivity contribution in [3.8, 4) is 11.3 Å². The SMILES string of the molecule is CCOP(=O)(OCC)c1c(-c2ccccc2)nc2cc(C(F)(F)F)ccc2c1Nc1ccccc1. The predicted octanol–water partition coefficient (Wildman–Crippen LogP) is 7.56. The molecule has 0 amide bonds. The lowest BCUT2D eigenvalue weighted by atomic mass is 10.0. The number of aromatic nitrogens is 1. The van der Waals surface area contributed by atoms with Crippen LogP contribution in [-0.4, -0.2) is 18.2 Å². The third-order valence-corrected chi connectivity index (χ3v) is 7.43. The molecule has 0 unspecified atom stereocenters. The molecule has 0 aliphatic carbocycles. The Balaban J connectivity index is 2.13. The molecule has 0 aliphatic heterocycles. The summed E-state index contributed by atoms with van der Waals surface area (Å²) in [7, 11) is -3.95. The van der Waals surface area contributed by atoms with E-state index in [2.05, 4.69) is 10.3 Å². The van der Waals surface area contributed by atoms with E-state index in [1.807, 2.05) is 18.2 Å². The first-order valence-electron chi connectivity index (χ1n) is 11.1. The van der Waals surface area contributed by atoms with Crippen LogP contribution in [-0.2, 0) is 19.8 Å². The van der Waals surface area contributed by atoms with E-state index in [1.165, 1.54) is 6.07 Å². The minimum Gasteiger partial charge on any atom is -0.354 e. The first-order valence-corrected chi connectivity index (χ1v) is 12.6. The topological polar surface area (TPSA) is 60.5 Å². The molecule has 9 heteroatoms. The van der Waals surface area contributed by atoms with Gasteiger partial charge in [-0.2, -0.15) is 13.2 Å². The Morgan fingerprint density at radius 1 is 0.886 bits per heavy atom. The summed E-state index contributed by atoms with van der Waals surface area (Å²) in [5.74, 6) is 0. The normalized spacial score (nSPS) is 12.1. The number of pyridine rings is 1. The van der Waals surface area contributed by atoms with Crippen LogP contribution in [0.25, 0.3) is 22.2 Å². The number of anilines is 2. The summed E-state index contributed by atoms with van der Waals surface area (Å²) in [6.45, 7) is 3.59. The maximum absolute atomic E-state index is 14.2. The Morgan fingerprint density at radius 3 is 2.06 bits per heavy atom. The van der Waals surface area contributed by atoms with E-state index in [0.29, 0.717) is 22.3 Å². The fourth-order valence-corrected chi connectivity index (χ4v) is 5.70. The second-order valence-corrected chi connectivity index (χ2v) is 9.56. The van der Waals surface area contributed by atoms with Crippen LogP contribution in [0, 0.1) is 0 Å².